The van der Waals surface area contributed by atoms with Gasteiger partial charge in [-0.2, -0.15) is 0 Å². The molecular weight excluding hydrogens is 1650 g/mol. The molecule has 10 aromatic rings. The first kappa shape index (κ1) is 88.5. The van der Waals surface area contributed by atoms with Crippen LogP contribution in [0.4, 0.5) is 28.4 Å². The monoisotopic (exact) mass is 1750 g/mol. The van der Waals surface area contributed by atoms with Gasteiger partial charge in [-0.25, -0.2) is 41.5 Å². The Bertz CT molecular complexity index is 5820. The maximum atomic E-state index is 13.9. The van der Waals surface area contributed by atoms with Gasteiger partial charge in [-0.3, -0.25) is 34.8 Å². The van der Waals surface area contributed by atoms with Crippen molar-refractivity contribution in [3.63, 3.8) is 0 Å². The van der Waals surface area contributed by atoms with E-state index < -0.39 is 52.4 Å². The molecule has 4 aliphatic heterocycles. The number of carboxylic acids is 1. The van der Waals surface area contributed by atoms with Gasteiger partial charge in [0.05, 0.1) is 37.6 Å². The second-order valence-corrected chi connectivity index (χ2v) is 38.0. The number of nitro groups is 2. The van der Waals surface area contributed by atoms with Crippen LogP contribution in [0.25, 0.3) is 33.2 Å². The van der Waals surface area contributed by atoms with E-state index in [0.29, 0.717) is 66.0 Å². The molecule has 6 aromatic carbocycles. The van der Waals surface area contributed by atoms with E-state index in [1.807, 2.05) is 60.8 Å². The van der Waals surface area contributed by atoms with Gasteiger partial charge in [0.15, 0.2) is 0 Å². The van der Waals surface area contributed by atoms with Gasteiger partial charge in [-0.05, 0) is 213 Å². The summed E-state index contributed by atoms with van der Waals surface area (Å²) in [7, 11) is -8.48. The Hall–Kier alpha value is -10.8. The van der Waals surface area contributed by atoms with Crippen LogP contribution in [-0.4, -0.2) is 172 Å². The number of aryl methyl sites for hydroxylation is 1. The van der Waals surface area contributed by atoms with Crippen LogP contribution >= 0.6 is 23.2 Å². The maximum absolute atomic E-state index is 13.9. The summed E-state index contributed by atoms with van der Waals surface area (Å²) >= 11 is 12.4. The fraction of sp³-hybridized carbons (Fsp3) is 0.385. The van der Waals surface area contributed by atoms with Gasteiger partial charge in [0.25, 0.3) is 27.3 Å². The minimum atomic E-state index is -4.55. The number of sulfonamides is 2. The number of ether oxygens (including phenoxy) is 4. The zero-order valence-corrected chi connectivity index (χ0v) is 72.4. The number of fused-ring (bicyclic) bond motifs is 2. The Labute approximate surface area is 725 Å². The summed E-state index contributed by atoms with van der Waals surface area (Å²) < 4.78 is 75.0. The van der Waals surface area contributed by atoms with Gasteiger partial charge in [-0.15, -0.1) is 0 Å². The molecule has 16 rings (SSSR count). The van der Waals surface area contributed by atoms with Crippen molar-refractivity contribution in [3.8, 4) is 23.0 Å². The highest BCUT2D eigenvalue weighted by Gasteiger charge is 2.34. The van der Waals surface area contributed by atoms with Gasteiger partial charge in [-0.1, -0.05) is 92.4 Å². The molecule has 0 spiro atoms. The summed E-state index contributed by atoms with van der Waals surface area (Å²) in [6, 6.07) is 41.7. The highest BCUT2D eigenvalue weighted by molar-refractivity contribution is 7.90. The molecule has 123 heavy (non-hydrogen) atoms. The number of aromatic amines is 2. The summed E-state index contributed by atoms with van der Waals surface area (Å²) in [6.07, 6.45) is 18.2. The number of rotatable bonds is 25. The first-order chi connectivity index (χ1) is 58.9. The van der Waals surface area contributed by atoms with E-state index in [-0.39, 0.29) is 44.5 Å². The van der Waals surface area contributed by atoms with Crippen molar-refractivity contribution in [1.29, 1.82) is 0 Å². The van der Waals surface area contributed by atoms with Crippen LogP contribution in [0, 0.1) is 42.9 Å². The number of H-pyrrole nitrogens is 2. The zero-order chi connectivity index (χ0) is 86.7. The molecule has 4 aromatic heterocycles. The van der Waals surface area contributed by atoms with Gasteiger partial charge < -0.3 is 49.1 Å². The minimum Gasteiger partial charge on any atom is -0.478 e. The number of allylic oxidation sites excluding steroid dienone is 2. The average Bonchev–Trinajstić information content (AvgIpc) is 1.27. The average molecular weight is 1750 g/mol. The molecule has 28 nitrogen and oxygen atoms in total. The molecule has 4 fully saturated rings. The number of nitrogens with zero attached hydrogens (tertiary/aromatic N) is 8. The summed E-state index contributed by atoms with van der Waals surface area (Å²) in [4.78, 5) is 71.6. The Morgan fingerprint density at radius 3 is 1.53 bits per heavy atom. The van der Waals surface area contributed by atoms with Gasteiger partial charge in [0, 0.05) is 173 Å². The van der Waals surface area contributed by atoms with Crippen molar-refractivity contribution < 1.29 is 60.3 Å². The highest BCUT2D eigenvalue weighted by Crippen LogP contribution is 2.46. The predicted molar refractivity (Wildman–Crippen MR) is 478 cm³/mol. The van der Waals surface area contributed by atoms with Crippen LogP contribution in [0.1, 0.15) is 136 Å². The number of aromatic carboxylic acids is 1. The highest BCUT2D eigenvalue weighted by atomic mass is 35.5. The van der Waals surface area contributed by atoms with E-state index in [9.17, 15) is 51.8 Å². The normalized spacial score (nSPS) is 17.5. The molecule has 32 heteroatoms. The van der Waals surface area contributed by atoms with Crippen LogP contribution in [0.5, 0.6) is 23.0 Å². The van der Waals surface area contributed by atoms with E-state index in [4.69, 9.17) is 47.3 Å². The number of carboxylic acid groups (broad SMARTS) is 1. The molecule has 8 heterocycles. The fourth-order valence-electron chi connectivity index (χ4n) is 16.9. The minimum absolute atomic E-state index is 0.0359. The molecule has 2 aliphatic carbocycles. The number of anilines is 3. The number of hydrogen-bond donors (Lipinski definition) is 6. The van der Waals surface area contributed by atoms with E-state index in [2.05, 4.69) is 102 Å². The largest absolute Gasteiger partial charge is 0.478 e. The summed E-state index contributed by atoms with van der Waals surface area (Å²) in [5.74, 6) is 0.0989. The van der Waals surface area contributed by atoms with E-state index in [1.54, 1.807) is 42.7 Å². The number of benzene rings is 6. The third-order valence-electron chi connectivity index (χ3n) is 24.0. The van der Waals surface area contributed by atoms with Crippen molar-refractivity contribution >= 4 is 117 Å². The van der Waals surface area contributed by atoms with E-state index >= 15 is 0 Å². The number of aromatic nitrogens is 4. The third kappa shape index (κ3) is 23.0. The lowest BCUT2D eigenvalue weighted by Gasteiger charge is -2.39. The Morgan fingerprint density at radius 2 is 1.05 bits per heavy atom. The summed E-state index contributed by atoms with van der Waals surface area (Å²) in [5, 5.41) is 44.3. The molecular formula is C91H103Cl2N13O15S2. The Kier molecular flexibility index (Phi) is 28.0. The Morgan fingerprint density at radius 1 is 0.585 bits per heavy atom. The molecule has 648 valence electrons. The number of primary sulfonamides is 1. The van der Waals surface area contributed by atoms with Gasteiger partial charge in [0.2, 0.25) is 10.0 Å². The van der Waals surface area contributed by atoms with Crippen molar-refractivity contribution in [2.45, 2.75) is 115 Å². The number of hydrogen-bond acceptors (Lipinski definition) is 21. The predicted octanol–water partition coefficient (Wildman–Crippen LogP) is 17.8. The number of carbonyl (C=O) groups is 2. The van der Waals surface area contributed by atoms with Crippen LogP contribution in [0.15, 0.2) is 191 Å². The van der Waals surface area contributed by atoms with Crippen molar-refractivity contribution in [2.75, 3.05) is 114 Å². The Balaban J connectivity index is 0.000000170. The molecule has 0 atom stereocenters. The number of halogens is 2. The molecule has 0 bridgehead atoms. The van der Waals surface area contributed by atoms with Gasteiger partial charge >= 0.3 is 5.97 Å². The first-order valence-corrected chi connectivity index (χ1v) is 45.4. The zero-order valence-electron chi connectivity index (χ0n) is 69.3. The summed E-state index contributed by atoms with van der Waals surface area (Å²) in [6.45, 7) is 21.1. The number of nitrogens with one attached hydrogen (secondary N) is 4. The van der Waals surface area contributed by atoms with E-state index in [0.717, 1.165) is 193 Å². The third-order valence-corrected chi connectivity index (χ3v) is 26.8. The summed E-state index contributed by atoms with van der Waals surface area (Å²) in [5.41, 5.74) is 12.3. The van der Waals surface area contributed by atoms with Crippen LogP contribution < -0.4 is 34.5 Å². The molecule has 7 N–H and O–H groups in total. The van der Waals surface area contributed by atoms with Crippen LogP contribution in [0.2, 0.25) is 10.0 Å². The van der Waals surface area contributed by atoms with Crippen LogP contribution in [0.3, 0.4) is 0 Å². The molecule has 4 saturated heterocycles. The second kappa shape index (κ2) is 39.0. The molecule has 0 saturated carbocycles. The number of carbonyl (C=O) groups excluding carboxylic acids is 1. The van der Waals surface area contributed by atoms with Crippen molar-refractivity contribution in [2.24, 2.45) is 27.8 Å². The number of nitro benzene ring substituents is 2. The van der Waals surface area contributed by atoms with Gasteiger partial charge in [0.1, 0.15) is 45.5 Å². The number of piperazine rings is 2. The lowest BCUT2D eigenvalue weighted by molar-refractivity contribution is -0.385. The molecule has 0 unspecified atom stereocenters. The number of amides is 1. The number of nitrogens with two attached hydrogens (primary N) is 1. The topological polar surface area (TPSA) is 366 Å². The SMILES string of the molecule is CC1(C)CCC(CN2CCN(c3ccc(C(=O)NS(=O)(=O)c4ccc(NCC5CCOCC5)c([N+](=O)[O-])c4)c(Oc4cnc5[nH]ccc5c4)c3)CC2)=C(c2ccc(Cl)cc2)C1.CC1(C)CCC(CN2CCN(c3ccc(C(=O)O)c(Oc4cnc5[nH]ccc5c4)c3)CC2)=C(c2ccc(Cl)cc2)C1.NS(=O)(=O)c1ccc(CCC2CCOCC2)c([N+](=O)[O-])c1. The fourth-order valence-corrected chi connectivity index (χ4v) is 18.6. The first-order valence-electron chi connectivity index (χ1n) is 41.6. The van der Waals surface area contributed by atoms with Crippen molar-refractivity contribution in [1.82, 2.24) is 34.5 Å². The standard InChI is InChI=1S/C45H50ClN7O7S.C33H35ClN4O3.C13H18N2O5S/c1-45(2)15-11-33(39(26-45)31-3-5-34(46)6-4-31)29-51-17-19-52(20-18-51)35-7-9-38(42(24-35)60-36-23-32-12-16-47-43(32)49-28-36)44(54)50-61(57,58)37-8-10-40(41(25-37)53(55)56)48-27-30-13-21-59-22-14-30;1-33(2)11-9-24(29(19-33)22-3-5-25(34)6-4-22)21-37-13-15-38(16-14-37)26-7-8-28(32(39)40)30(18-26)41-27-17-23-10-12-35-31(23)36-20-27;14-21(18,19)12-4-3-11(13(9-12)15(16)17)2-1-10-5-7-20-8-6-10/h3-10,12,16,23-25,28,30,48H,11,13-15,17-22,26-27,29H2,1-2H3,(H,47,49)(H,50,54);3-8,10,12,17-18,20H,9,11,13-16,19,21H2,1-2H3,(H,35,36)(H,39,40);3-4,9-10H,1-2,5-8H2,(H2,14,18,19). The second-order valence-electron chi connectivity index (χ2n) is 33.9. The number of pyridine rings is 2. The van der Waals surface area contributed by atoms with E-state index in [1.165, 1.54) is 70.3 Å². The smallest absolute Gasteiger partial charge is 0.339 e. The van der Waals surface area contributed by atoms with Crippen molar-refractivity contribution in [3.05, 3.63) is 240 Å². The molecule has 0 radical (unpaired) electrons. The lowest BCUT2D eigenvalue weighted by atomic mass is 9.72. The molecule has 1 amide bonds. The quantitative estimate of drug-likeness (QED) is 0.0229. The van der Waals surface area contributed by atoms with Crippen LogP contribution in [-0.2, 0) is 35.9 Å². The lowest BCUT2D eigenvalue weighted by Crippen LogP contribution is -2.47. The maximum Gasteiger partial charge on any atom is 0.339 e. The molecule has 6 aliphatic rings.